The molecule has 1 fully saturated rings. The molecule has 0 aliphatic heterocycles. The fraction of sp³-hybridized carbons (Fsp3) is 0.350. The van der Waals surface area contributed by atoms with Gasteiger partial charge in [0.2, 0.25) is 5.91 Å². The first-order chi connectivity index (χ1) is 12.7. The minimum absolute atomic E-state index is 0.0783. The smallest absolute Gasteiger partial charge is 0.246 e. The van der Waals surface area contributed by atoms with Gasteiger partial charge in [-0.2, -0.15) is 5.10 Å². The van der Waals surface area contributed by atoms with E-state index in [1.54, 1.807) is 11.3 Å². The number of nitrogens with one attached hydrogen (secondary N) is 1. The summed E-state index contributed by atoms with van der Waals surface area (Å²) >= 11 is 1.55. The second-order valence-corrected chi connectivity index (χ2v) is 7.80. The van der Waals surface area contributed by atoms with E-state index in [1.807, 2.05) is 46.3 Å². The second-order valence-electron chi connectivity index (χ2n) is 6.96. The predicted octanol–water partition coefficient (Wildman–Crippen LogP) is 4.29. The zero-order valence-electron chi connectivity index (χ0n) is 14.8. The van der Waals surface area contributed by atoms with E-state index in [4.69, 9.17) is 0 Å². The molecule has 3 aromatic rings. The van der Waals surface area contributed by atoms with Crippen LogP contribution in [0.3, 0.4) is 0 Å². The van der Waals surface area contributed by atoms with Gasteiger partial charge in [-0.25, -0.2) is 10.4 Å². The SMILES string of the molecule is CC1CCC/C(=N/NC(=O)Cc2csc3nc(-c4ccccc4)cn23)C1. The van der Waals surface area contributed by atoms with Crippen molar-refractivity contribution in [1.82, 2.24) is 14.8 Å². The molecule has 1 saturated carbocycles. The lowest BCUT2D eigenvalue weighted by molar-refractivity contribution is -0.120. The van der Waals surface area contributed by atoms with E-state index in [-0.39, 0.29) is 5.91 Å². The molecular weight excluding hydrogens is 344 g/mol. The topological polar surface area (TPSA) is 58.8 Å². The molecule has 1 aliphatic carbocycles. The van der Waals surface area contributed by atoms with E-state index < -0.39 is 0 Å². The summed E-state index contributed by atoms with van der Waals surface area (Å²) in [7, 11) is 0. The van der Waals surface area contributed by atoms with Crippen LogP contribution in [0, 0.1) is 5.92 Å². The summed E-state index contributed by atoms with van der Waals surface area (Å²) in [5.74, 6) is 0.587. The summed E-state index contributed by atoms with van der Waals surface area (Å²) in [6.45, 7) is 2.24. The molecule has 1 amide bonds. The third-order valence-corrected chi connectivity index (χ3v) is 5.67. The van der Waals surface area contributed by atoms with E-state index >= 15 is 0 Å². The molecule has 4 rings (SSSR count). The number of benzene rings is 1. The Morgan fingerprint density at radius 1 is 1.38 bits per heavy atom. The summed E-state index contributed by atoms with van der Waals surface area (Å²) in [6.07, 6.45) is 6.71. The normalized spacial score (nSPS) is 19.1. The van der Waals surface area contributed by atoms with Crippen LogP contribution < -0.4 is 5.43 Å². The number of carbonyl (C=O) groups excluding carboxylic acids is 1. The van der Waals surface area contributed by atoms with Gasteiger partial charge in [-0.15, -0.1) is 11.3 Å². The number of nitrogens with zero attached hydrogens (tertiary/aromatic N) is 3. The Morgan fingerprint density at radius 2 is 2.23 bits per heavy atom. The van der Waals surface area contributed by atoms with Crippen LogP contribution in [0.1, 0.15) is 38.3 Å². The molecule has 0 spiro atoms. The lowest BCUT2D eigenvalue weighted by atomic mass is 9.89. The van der Waals surface area contributed by atoms with Crippen molar-refractivity contribution in [2.24, 2.45) is 11.0 Å². The van der Waals surface area contributed by atoms with Crippen molar-refractivity contribution in [2.45, 2.75) is 39.0 Å². The highest BCUT2D eigenvalue weighted by Gasteiger charge is 2.15. The van der Waals surface area contributed by atoms with Gasteiger partial charge in [-0.3, -0.25) is 9.20 Å². The maximum Gasteiger partial charge on any atom is 0.246 e. The van der Waals surface area contributed by atoms with Crippen LogP contribution in [0.25, 0.3) is 16.2 Å². The monoisotopic (exact) mass is 366 g/mol. The third-order valence-electron chi connectivity index (χ3n) is 4.78. The van der Waals surface area contributed by atoms with Crippen molar-refractivity contribution in [3.63, 3.8) is 0 Å². The van der Waals surface area contributed by atoms with Crippen LogP contribution in [0.15, 0.2) is 47.0 Å². The highest BCUT2D eigenvalue weighted by Crippen LogP contribution is 2.24. The minimum atomic E-state index is -0.0783. The molecule has 1 atom stereocenters. The fourth-order valence-corrected chi connectivity index (χ4v) is 4.29. The quantitative estimate of drug-likeness (QED) is 0.700. The van der Waals surface area contributed by atoms with Crippen LogP contribution in [0.2, 0.25) is 0 Å². The first-order valence-corrected chi connectivity index (χ1v) is 9.92. The van der Waals surface area contributed by atoms with Crippen molar-refractivity contribution >= 4 is 27.9 Å². The molecule has 2 heterocycles. The Kier molecular flexibility index (Phi) is 4.84. The zero-order chi connectivity index (χ0) is 17.9. The predicted molar refractivity (Wildman–Crippen MR) is 105 cm³/mol. The number of hydrazone groups is 1. The van der Waals surface area contributed by atoms with Crippen LogP contribution in [0.4, 0.5) is 0 Å². The van der Waals surface area contributed by atoms with E-state index in [1.165, 1.54) is 12.8 Å². The van der Waals surface area contributed by atoms with Gasteiger partial charge in [0.25, 0.3) is 0 Å². The second kappa shape index (κ2) is 7.41. The van der Waals surface area contributed by atoms with Gasteiger partial charge in [0.1, 0.15) is 0 Å². The van der Waals surface area contributed by atoms with Crippen molar-refractivity contribution in [2.75, 3.05) is 0 Å². The molecule has 26 heavy (non-hydrogen) atoms. The Morgan fingerprint density at radius 3 is 3.04 bits per heavy atom. The molecule has 1 aromatic carbocycles. The summed E-state index contributed by atoms with van der Waals surface area (Å²) in [4.78, 5) is 17.9. The summed E-state index contributed by atoms with van der Waals surface area (Å²) in [5.41, 5.74) is 6.79. The standard InChI is InChI=1S/C20H22N4OS/c1-14-6-5-9-16(10-14)22-23-19(25)11-17-13-26-20-21-18(12-24(17)20)15-7-3-2-4-8-15/h2-4,7-8,12-14H,5-6,9-11H2,1H3,(H,23,25)/b22-16-. The molecule has 1 unspecified atom stereocenters. The number of rotatable bonds is 4. The van der Waals surface area contributed by atoms with Crippen LogP contribution >= 0.6 is 11.3 Å². The number of aromatic nitrogens is 2. The van der Waals surface area contributed by atoms with Crippen LogP contribution in [0.5, 0.6) is 0 Å². The maximum atomic E-state index is 12.3. The van der Waals surface area contributed by atoms with Crippen molar-refractivity contribution < 1.29 is 4.79 Å². The summed E-state index contributed by atoms with van der Waals surface area (Å²) in [6, 6.07) is 10.1. The van der Waals surface area contributed by atoms with Gasteiger partial charge in [0.05, 0.1) is 12.1 Å². The number of imidazole rings is 1. The first-order valence-electron chi connectivity index (χ1n) is 9.04. The molecule has 1 N–H and O–H groups in total. The number of thiazole rings is 1. The highest BCUT2D eigenvalue weighted by molar-refractivity contribution is 7.15. The van der Waals surface area contributed by atoms with E-state index in [0.717, 1.165) is 40.5 Å². The minimum Gasteiger partial charge on any atom is -0.294 e. The number of hydrogen-bond donors (Lipinski definition) is 1. The molecule has 1 aliphatic rings. The van der Waals surface area contributed by atoms with Crippen LogP contribution in [-0.2, 0) is 11.2 Å². The average molecular weight is 366 g/mol. The van der Waals surface area contributed by atoms with E-state index in [2.05, 4.69) is 22.4 Å². The third kappa shape index (κ3) is 3.70. The number of fused-ring (bicyclic) bond motifs is 1. The van der Waals surface area contributed by atoms with Gasteiger partial charge in [-0.1, -0.05) is 37.3 Å². The van der Waals surface area contributed by atoms with Gasteiger partial charge in [0, 0.05) is 28.5 Å². The Hall–Kier alpha value is -2.47. The number of carbonyl (C=O) groups is 1. The van der Waals surface area contributed by atoms with Crippen molar-refractivity contribution in [3.8, 4) is 11.3 Å². The Labute approximate surface area is 156 Å². The number of hydrogen-bond acceptors (Lipinski definition) is 4. The molecule has 6 heteroatoms. The Bertz CT molecular complexity index is 941. The summed E-state index contributed by atoms with van der Waals surface area (Å²) in [5, 5.41) is 6.34. The molecule has 0 saturated heterocycles. The van der Waals surface area contributed by atoms with E-state index in [9.17, 15) is 4.79 Å². The van der Waals surface area contributed by atoms with Gasteiger partial charge in [0.15, 0.2) is 4.96 Å². The van der Waals surface area contributed by atoms with Gasteiger partial charge >= 0.3 is 0 Å². The van der Waals surface area contributed by atoms with E-state index in [0.29, 0.717) is 12.3 Å². The molecule has 5 nitrogen and oxygen atoms in total. The highest BCUT2D eigenvalue weighted by atomic mass is 32.1. The van der Waals surface area contributed by atoms with Gasteiger partial charge < -0.3 is 0 Å². The summed E-state index contributed by atoms with van der Waals surface area (Å²) < 4.78 is 2.00. The zero-order valence-corrected chi connectivity index (χ0v) is 15.6. The van der Waals surface area contributed by atoms with Crippen molar-refractivity contribution in [3.05, 3.63) is 47.6 Å². The number of amides is 1. The Balaban J connectivity index is 1.46. The average Bonchev–Trinajstić information content (AvgIpc) is 3.23. The molecular formula is C20H22N4OS. The van der Waals surface area contributed by atoms with Gasteiger partial charge in [-0.05, 0) is 31.6 Å². The lowest BCUT2D eigenvalue weighted by Crippen LogP contribution is -2.24. The van der Waals surface area contributed by atoms with Crippen LogP contribution in [-0.4, -0.2) is 21.0 Å². The largest absolute Gasteiger partial charge is 0.294 e. The fourth-order valence-electron chi connectivity index (χ4n) is 3.41. The molecule has 0 bridgehead atoms. The van der Waals surface area contributed by atoms with Crippen molar-refractivity contribution in [1.29, 1.82) is 0 Å². The first kappa shape index (κ1) is 17.0. The molecule has 0 radical (unpaired) electrons. The lowest BCUT2D eigenvalue weighted by Gasteiger charge is -2.18. The molecule has 134 valence electrons. The maximum absolute atomic E-state index is 12.3. The molecule has 2 aromatic heterocycles.